The molecule has 86 valence electrons. The minimum Gasteiger partial charge on any atom is -0.396 e. The molecule has 2 rings (SSSR count). The van der Waals surface area contributed by atoms with E-state index in [4.69, 9.17) is 22.4 Å². The van der Waals surface area contributed by atoms with Crippen molar-refractivity contribution in [1.82, 2.24) is 9.97 Å². The van der Waals surface area contributed by atoms with Crippen molar-refractivity contribution in [2.75, 3.05) is 23.8 Å². The largest absolute Gasteiger partial charge is 0.396 e. The van der Waals surface area contributed by atoms with Crippen LogP contribution in [0, 0.1) is 5.92 Å². The highest BCUT2D eigenvalue weighted by molar-refractivity contribution is 6.28. The predicted octanol–water partition coefficient (Wildman–Crippen LogP) is 0.0574. The lowest BCUT2D eigenvalue weighted by molar-refractivity contribution is -0.117. The van der Waals surface area contributed by atoms with E-state index in [1.165, 1.54) is 11.1 Å². The topological polar surface area (TPSA) is 92.3 Å². The van der Waals surface area contributed by atoms with Crippen LogP contribution in [0.2, 0.25) is 5.28 Å². The minimum absolute atomic E-state index is 0.0173. The highest BCUT2D eigenvalue weighted by atomic mass is 35.5. The molecule has 1 saturated heterocycles. The summed E-state index contributed by atoms with van der Waals surface area (Å²) in [5, 5.41) is 9.05. The van der Waals surface area contributed by atoms with E-state index in [1.54, 1.807) is 0 Å². The van der Waals surface area contributed by atoms with Gasteiger partial charge >= 0.3 is 0 Å². The van der Waals surface area contributed by atoms with Gasteiger partial charge in [0.15, 0.2) is 5.82 Å². The highest BCUT2D eigenvalue weighted by Gasteiger charge is 2.31. The van der Waals surface area contributed by atoms with Crippen LogP contribution in [0.15, 0.2) is 6.20 Å². The third-order valence-corrected chi connectivity index (χ3v) is 2.70. The van der Waals surface area contributed by atoms with Gasteiger partial charge in [0.25, 0.3) is 0 Å². The van der Waals surface area contributed by atoms with Gasteiger partial charge in [-0.3, -0.25) is 4.79 Å². The Balaban J connectivity index is 2.28. The number of anilines is 2. The standard InChI is InChI=1S/C9H11ClN4O2/c10-9-12-2-6(8(11)13-9)14-3-5(4-15)1-7(14)16/h2,5,15H,1,3-4H2,(H2,11,12,13). The van der Waals surface area contributed by atoms with Crippen LogP contribution in [0.25, 0.3) is 0 Å². The van der Waals surface area contributed by atoms with Crippen molar-refractivity contribution < 1.29 is 9.90 Å². The predicted molar refractivity (Wildman–Crippen MR) is 59.0 cm³/mol. The average Bonchev–Trinajstić information content (AvgIpc) is 2.60. The number of rotatable bonds is 2. The molecule has 1 unspecified atom stereocenters. The van der Waals surface area contributed by atoms with E-state index in [9.17, 15) is 4.79 Å². The van der Waals surface area contributed by atoms with E-state index < -0.39 is 0 Å². The maximum atomic E-state index is 11.7. The third-order valence-electron chi connectivity index (χ3n) is 2.52. The summed E-state index contributed by atoms with van der Waals surface area (Å²) in [6.45, 7) is 0.418. The zero-order valence-electron chi connectivity index (χ0n) is 8.43. The second-order valence-electron chi connectivity index (χ2n) is 3.67. The molecule has 1 amide bonds. The van der Waals surface area contributed by atoms with Crippen LogP contribution in [0.5, 0.6) is 0 Å². The molecule has 1 atom stereocenters. The normalized spacial score (nSPS) is 20.5. The molecule has 0 saturated carbocycles. The Hall–Kier alpha value is -1.40. The minimum atomic E-state index is -0.0864. The summed E-state index contributed by atoms with van der Waals surface area (Å²) in [4.78, 5) is 20.7. The van der Waals surface area contributed by atoms with Crippen molar-refractivity contribution >= 4 is 29.0 Å². The van der Waals surface area contributed by atoms with E-state index in [0.717, 1.165) is 0 Å². The van der Waals surface area contributed by atoms with Crippen LogP contribution >= 0.6 is 11.6 Å². The lowest BCUT2D eigenvalue weighted by Crippen LogP contribution is -2.26. The van der Waals surface area contributed by atoms with Gasteiger partial charge in [0.05, 0.1) is 6.20 Å². The molecule has 1 fully saturated rings. The number of amides is 1. The average molecular weight is 243 g/mol. The number of nitrogens with two attached hydrogens (primary N) is 1. The van der Waals surface area contributed by atoms with E-state index >= 15 is 0 Å². The van der Waals surface area contributed by atoms with Gasteiger partial charge in [-0.15, -0.1) is 0 Å². The number of carbonyl (C=O) groups is 1. The van der Waals surface area contributed by atoms with Gasteiger partial charge in [-0.25, -0.2) is 4.98 Å². The summed E-state index contributed by atoms with van der Waals surface area (Å²) in [7, 11) is 0. The number of hydrogen-bond acceptors (Lipinski definition) is 5. The molecule has 16 heavy (non-hydrogen) atoms. The molecule has 6 nitrogen and oxygen atoms in total. The first-order valence-corrected chi connectivity index (χ1v) is 5.19. The quantitative estimate of drug-likeness (QED) is 0.716. The zero-order chi connectivity index (χ0) is 11.7. The molecule has 0 spiro atoms. The summed E-state index contributed by atoms with van der Waals surface area (Å²) >= 11 is 5.57. The molecule has 1 aliphatic rings. The first-order valence-electron chi connectivity index (χ1n) is 4.81. The fourth-order valence-corrected chi connectivity index (χ4v) is 1.85. The van der Waals surface area contributed by atoms with E-state index in [-0.39, 0.29) is 29.5 Å². The number of aromatic nitrogens is 2. The Kier molecular flexibility index (Phi) is 2.93. The van der Waals surface area contributed by atoms with Crippen molar-refractivity contribution in [2.24, 2.45) is 5.92 Å². The Labute approximate surface area is 97.0 Å². The number of nitrogen functional groups attached to an aromatic ring is 1. The number of aliphatic hydroxyl groups excluding tert-OH is 1. The molecule has 2 heterocycles. The highest BCUT2D eigenvalue weighted by Crippen LogP contribution is 2.28. The number of aliphatic hydroxyl groups is 1. The molecule has 1 aromatic rings. The molecule has 3 N–H and O–H groups in total. The van der Waals surface area contributed by atoms with Crippen LogP contribution in [0.1, 0.15) is 6.42 Å². The maximum Gasteiger partial charge on any atom is 0.227 e. The van der Waals surface area contributed by atoms with Gasteiger partial charge in [0.2, 0.25) is 11.2 Å². The monoisotopic (exact) mass is 242 g/mol. The van der Waals surface area contributed by atoms with E-state index in [2.05, 4.69) is 9.97 Å². The molecule has 7 heteroatoms. The molecule has 0 radical (unpaired) electrons. The maximum absolute atomic E-state index is 11.7. The van der Waals surface area contributed by atoms with Gasteiger partial charge in [-0.05, 0) is 11.6 Å². The Morgan fingerprint density at radius 3 is 3.00 bits per heavy atom. The van der Waals surface area contributed by atoms with Gasteiger partial charge in [0.1, 0.15) is 5.69 Å². The Bertz CT molecular complexity index is 426. The van der Waals surface area contributed by atoms with Crippen molar-refractivity contribution in [1.29, 1.82) is 0 Å². The lowest BCUT2D eigenvalue weighted by atomic mass is 10.1. The lowest BCUT2D eigenvalue weighted by Gasteiger charge is -2.17. The van der Waals surface area contributed by atoms with Gasteiger partial charge in [-0.1, -0.05) is 0 Å². The van der Waals surface area contributed by atoms with Gasteiger partial charge < -0.3 is 15.7 Å². The second kappa shape index (κ2) is 4.23. The third kappa shape index (κ3) is 1.94. The number of halogens is 1. The second-order valence-corrected chi connectivity index (χ2v) is 4.00. The molecule has 1 aromatic heterocycles. The first-order chi connectivity index (χ1) is 7.61. The number of carbonyl (C=O) groups excluding carboxylic acids is 1. The van der Waals surface area contributed by atoms with Crippen LogP contribution in [0.4, 0.5) is 11.5 Å². The molecule has 0 bridgehead atoms. The Morgan fingerprint density at radius 1 is 1.69 bits per heavy atom. The summed E-state index contributed by atoms with van der Waals surface area (Å²) < 4.78 is 0. The summed E-state index contributed by atoms with van der Waals surface area (Å²) in [5.41, 5.74) is 6.11. The summed E-state index contributed by atoms with van der Waals surface area (Å²) in [6, 6.07) is 0. The number of nitrogens with zero attached hydrogens (tertiary/aromatic N) is 3. The van der Waals surface area contributed by atoms with Crippen LogP contribution in [-0.2, 0) is 4.79 Å². The van der Waals surface area contributed by atoms with E-state index in [1.807, 2.05) is 0 Å². The first kappa shape index (κ1) is 11.1. The molecule has 0 aliphatic carbocycles. The molecule has 0 aromatic carbocycles. The smallest absolute Gasteiger partial charge is 0.227 e. The molecular formula is C9H11ClN4O2. The Morgan fingerprint density at radius 2 is 2.44 bits per heavy atom. The fourth-order valence-electron chi connectivity index (χ4n) is 1.71. The van der Waals surface area contributed by atoms with Crippen LogP contribution in [-0.4, -0.2) is 34.1 Å². The summed E-state index contributed by atoms with van der Waals surface area (Å²) in [6.07, 6.45) is 1.74. The molecular weight excluding hydrogens is 232 g/mol. The number of hydrogen-bond donors (Lipinski definition) is 2. The summed E-state index contributed by atoms with van der Waals surface area (Å²) in [5.74, 6) is 0.0335. The van der Waals surface area contributed by atoms with Crippen LogP contribution < -0.4 is 10.6 Å². The fraction of sp³-hybridized carbons (Fsp3) is 0.444. The van der Waals surface area contributed by atoms with Crippen LogP contribution in [0.3, 0.4) is 0 Å². The van der Waals surface area contributed by atoms with Crippen molar-refractivity contribution in [3.05, 3.63) is 11.5 Å². The van der Waals surface area contributed by atoms with Crippen molar-refractivity contribution in [2.45, 2.75) is 6.42 Å². The molecule has 1 aliphatic heterocycles. The van der Waals surface area contributed by atoms with E-state index in [0.29, 0.717) is 18.7 Å². The van der Waals surface area contributed by atoms with Crippen molar-refractivity contribution in [3.63, 3.8) is 0 Å². The van der Waals surface area contributed by atoms with Gasteiger partial charge in [0, 0.05) is 25.5 Å². The van der Waals surface area contributed by atoms with Crippen molar-refractivity contribution in [3.8, 4) is 0 Å². The van der Waals surface area contributed by atoms with Gasteiger partial charge in [-0.2, -0.15) is 4.98 Å². The SMILES string of the molecule is Nc1nc(Cl)ncc1N1CC(CO)CC1=O. The zero-order valence-corrected chi connectivity index (χ0v) is 9.18.